The molecule has 86 valence electrons. The molecule has 1 saturated heterocycles. The minimum atomic E-state index is -0.318. The van der Waals surface area contributed by atoms with Gasteiger partial charge in [0.25, 0.3) is 0 Å². The Balaban J connectivity index is 2.22. The Hall–Kier alpha value is -1.10. The molecule has 2 N–H and O–H groups in total. The molecule has 2 amide bonds. The Bertz CT molecular complexity index is 258. The standard InChI is InChI=1S/C10H18N2O3/c1-10(2,3)15-6-9(14)12-7-4-8(13)11-5-7/h7H,4-6H2,1-3H3,(H,11,13)(H,12,14). The molecule has 5 heteroatoms. The van der Waals surface area contributed by atoms with E-state index in [1.165, 1.54) is 0 Å². The van der Waals surface area contributed by atoms with E-state index >= 15 is 0 Å². The molecule has 0 aromatic carbocycles. The van der Waals surface area contributed by atoms with Gasteiger partial charge in [0.2, 0.25) is 11.8 Å². The minimum Gasteiger partial charge on any atom is -0.366 e. The van der Waals surface area contributed by atoms with Crippen LogP contribution in [0, 0.1) is 0 Å². The molecule has 0 radical (unpaired) electrons. The summed E-state index contributed by atoms with van der Waals surface area (Å²) in [5.41, 5.74) is -0.318. The van der Waals surface area contributed by atoms with Gasteiger partial charge in [0.1, 0.15) is 6.61 Å². The van der Waals surface area contributed by atoms with Gasteiger partial charge in [-0.1, -0.05) is 0 Å². The van der Waals surface area contributed by atoms with E-state index in [4.69, 9.17) is 4.74 Å². The van der Waals surface area contributed by atoms with Crippen LogP contribution in [0.3, 0.4) is 0 Å². The summed E-state index contributed by atoms with van der Waals surface area (Å²) in [4.78, 5) is 22.2. The Morgan fingerprint density at radius 1 is 1.60 bits per heavy atom. The van der Waals surface area contributed by atoms with Gasteiger partial charge in [-0.15, -0.1) is 0 Å². The molecule has 1 fully saturated rings. The maximum absolute atomic E-state index is 11.4. The van der Waals surface area contributed by atoms with Crippen LogP contribution in [-0.2, 0) is 14.3 Å². The number of ether oxygens (including phenoxy) is 1. The molecule has 1 aliphatic rings. The Morgan fingerprint density at radius 3 is 2.73 bits per heavy atom. The number of carbonyl (C=O) groups excluding carboxylic acids is 2. The quantitative estimate of drug-likeness (QED) is 0.684. The van der Waals surface area contributed by atoms with E-state index in [1.54, 1.807) is 0 Å². The molecule has 0 aromatic heterocycles. The van der Waals surface area contributed by atoms with E-state index in [0.29, 0.717) is 13.0 Å². The van der Waals surface area contributed by atoms with Crippen molar-refractivity contribution in [1.29, 1.82) is 0 Å². The van der Waals surface area contributed by atoms with Crippen LogP contribution in [0.4, 0.5) is 0 Å². The summed E-state index contributed by atoms with van der Waals surface area (Å²) >= 11 is 0. The van der Waals surface area contributed by atoms with Crippen LogP contribution in [0.2, 0.25) is 0 Å². The molecule has 1 heterocycles. The van der Waals surface area contributed by atoms with Gasteiger partial charge in [-0.25, -0.2) is 0 Å². The molecule has 0 saturated carbocycles. The SMILES string of the molecule is CC(C)(C)OCC(=O)NC1CNC(=O)C1. The Morgan fingerprint density at radius 2 is 2.27 bits per heavy atom. The Kier molecular flexibility index (Phi) is 3.68. The molecule has 0 spiro atoms. The van der Waals surface area contributed by atoms with Gasteiger partial charge in [0.15, 0.2) is 0 Å². The van der Waals surface area contributed by atoms with E-state index in [9.17, 15) is 9.59 Å². The number of carbonyl (C=O) groups is 2. The van der Waals surface area contributed by atoms with Crippen LogP contribution < -0.4 is 10.6 Å². The lowest BCUT2D eigenvalue weighted by molar-refractivity contribution is -0.131. The molecule has 0 aliphatic carbocycles. The van der Waals surface area contributed by atoms with Crippen molar-refractivity contribution in [1.82, 2.24) is 10.6 Å². The zero-order valence-electron chi connectivity index (χ0n) is 9.42. The van der Waals surface area contributed by atoms with Gasteiger partial charge in [0, 0.05) is 13.0 Å². The monoisotopic (exact) mass is 214 g/mol. The second-order valence-electron chi connectivity index (χ2n) is 4.67. The van der Waals surface area contributed by atoms with Crippen LogP contribution in [0.15, 0.2) is 0 Å². The normalized spacial score (nSPS) is 21.3. The van der Waals surface area contributed by atoms with Gasteiger partial charge < -0.3 is 15.4 Å². The Labute approximate surface area is 89.6 Å². The summed E-state index contributed by atoms with van der Waals surface area (Å²) in [7, 11) is 0. The highest BCUT2D eigenvalue weighted by Gasteiger charge is 2.23. The number of rotatable bonds is 3. The summed E-state index contributed by atoms with van der Waals surface area (Å²) in [5, 5.41) is 5.39. The van der Waals surface area contributed by atoms with E-state index in [0.717, 1.165) is 0 Å². The third kappa shape index (κ3) is 4.78. The van der Waals surface area contributed by atoms with Gasteiger partial charge in [-0.2, -0.15) is 0 Å². The van der Waals surface area contributed by atoms with Crippen molar-refractivity contribution in [2.75, 3.05) is 13.2 Å². The molecular formula is C10H18N2O3. The number of amides is 2. The van der Waals surface area contributed by atoms with Crippen molar-refractivity contribution < 1.29 is 14.3 Å². The van der Waals surface area contributed by atoms with Crippen LogP contribution in [-0.4, -0.2) is 36.6 Å². The fraction of sp³-hybridized carbons (Fsp3) is 0.800. The van der Waals surface area contributed by atoms with E-state index in [1.807, 2.05) is 20.8 Å². The smallest absolute Gasteiger partial charge is 0.246 e. The largest absolute Gasteiger partial charge is 0.366 e. The molecule has 15 heavy (non-hydrogen) atoms. The van der Waals surface area contributed by atoms with Crippen LogP contribution in [0.25, 0.3) is 0 Å². The van der Waals surface area contributed by atoms with Crippen LogP contribution in [0.1, 0.15) is 27.2 Å². The van der Waals surface area contributed by atoms with Gasteiger partial charge in [0.05, 0.1) is 11.6 Å². The summed E-state index contributed by atoms with van der Waals surface area (Å²) in [5.74, 6) is -0.191. The maximum atomic E-state index is 11.4. The summed E-state index contributed by atoms with van der Waals surface area (Å²) < 4.78 is 5.31. The molecule has 1 aliphatic heterocycles. The maximum Gasteiger partial charge on any atom is 0.246 e. The van der Waals surface area contributed by atoms with E-state index in [2.05, 4.69) is 10.6 Å². The zero-order valence-corrected chi connectivity index (χ0v) is 9.42. The van der Waals surface area contributed by atoms with Gasteiger partial charge in [-0.3, -0.25) is 9.59 Å². The van der Waals surface area contributed by atoms with Crippen LogP contribution in [0.5, 0.6) is 0 Å². The molecule has 1 unspecified atom stereocenters. The van der Waals surface area contributed by atoms with Crippen molar-refractivity contribution in [3.63, 3.8) is 0 Å². The third-order valence-corrected chi connectivity index (χ3v) is 1.98. The summed E-state index contributed by atoms with van der Waals surface area (Å²) in [6.07, 6.45) is 0.362. The van der Waals surface area contributed by atoms with Crippen molar-refractivity contribution in [2.24, 2.45) is 0 Å². The van der Waals surface area contributed by atoms with Crippen molar-refractivity contribution >= 4 is 11.8 Å². The third-order valence-electron chi connectivity index (χ3n) is 1.98. The lowest BCUT2D eigenvalue weighted by Gasteiger charge is -2.19. The molecule has 0 bridgehead atoms. The summed E-state index contributed by atoms with van der Waals surface area (Å²) in [6, 6.07) is -0.0893. The number of nitrogens with one attached hydrogen (secondary N) is 2. The molecule has 5 nitrogen and oxygen atoms in total. The molecule has 0 aromatic rings. The fourth-order valence-electron chi connectivity index (χ4n) is 1.26. The first kappa shape index (κ1) is 12.0. The highest BCUT2D eigenvalue weighted by atomic mass is 16.5. The molecule has 1 atom stereocenters. The predicted molar refractivity (Wildman–Crippen MR) is 55.3 cm³/mol. The van der Waals surface area contributed by atoms with Crippen LogP contribution >= 0.6 is 0 Å². The average molecular weight is 214 g/mol. The molecule has 1 rings (SSSR count). The van der Waals surface area contributed by atoms with Crippen molar-refractivity contribution in [3.8, 4) is 0 Å². The lowest BCUT2D eigenvalue weighted by atomic mass is 10.2. The first-order valence-electron chi connectivity index (χ1n) is 5.07. The second kappa shape index (κ2) is 4.61. The van der Waals surface area contributed by atoms with Crippen molar-refractivity contribution in [2.45, 2.75) is 38.8 Å². The predicted octanol–water partition coefficient (Wildman–Crippen LogP) is -0.194. The highest BCUT2D eigenvalue weighted by molar-refractivity contribution is 5.82. The minimum absolute atomic E-state index is 0.0166. The molecular weight excluding hydrogens is 196 g/mol. The zero-order chi connectivity index (χ0) is 11.5. The summed E-state index contributed by atoms with van der Waals surface area (Å²) in [6.45, 7) is 6.22. The second-order valence-corrected chi connectivity index (χ2v) is 4.67. The number of hydrogen-bond donors (Lipinski definition) is 2. The van der Waals surface area contributed by atoms with E-state index in [-0.39, 0.29) is 30.1 Å². The number of hydrogen-bond acceptors (Lipinski definition) is 3. The topological polar surface area (TPSA) is 67.4 Å². The lowest BCUT2D eigenvalue weighted by Crippen LogP contribution is -2.39. The van der Waals surface area contributed by atoms with Gasteiger partial charge >= 0.3 is 0 Å². The first-order valence-corrected chi connectivity index (χ1v) is 5.07. The highest BCUT2D eigenvalue weighted by Crippen LogP contribution is 2.06. The average Bonchev–Trinajstić information content (AvgIpc) is 2.47. The fourth-order valence-corrected chi connectivity index (χ4v) is 1.26. The first-order chi connectivity index (χ1) is 6.87. The van der Waals surface area contributed by atoms with E-state index < -0.39 is 0 Å². The van der Waals surface area contributed by atoms with Gasteiger partial charge in [-0.05, 0) is 20.8 Å². The van der Waals surface area contributed by atoms with Crippen molar-refractivity contribution in [3.05, 3.63) is 0 Å².